The second-order valence-electron chi connectivity index (χ2n) is 4.59. The first-order valence-electron chi connectivity index (χ1n) is 5.62. The van der Waals surface area contributed by atoms with E-state index in [-0.39, 0.29) is 11.6 Å². The number of nitrogens with zero attached hydrogens (tertiary/aromatic N) is 1. The van der Waals surface area contributed by atoms with Gasteiger partial charge in [-0.15, -0.1) is 0 Å². The molecule has 0 radical (unpaired) electrons. The summed E-state index contributed by atoms with van der Waals surface area (Å²) < 4.78 is 24.7. The van der Waals surface area contributed by atoms with Crippen LogP contribution in [0.5, 0.6) is 0 Å². The van der Waals surface area contributed by atoms with Crippen LogP contribution in [0.25, 0.3) is 0 Å². The first-order chi connectivity index (χ1) is 8.71. The van der Waals surface area contributed by atoms with Crippen LogP contribution in [-0.4, -0.2) is 37.6 Å². The number of anilines is 1. The Labute approximate surface area is 110 Å². The second kappa shape index (κ2) is 4.34. The molecule has 0 bridgehead atoms. The van der Waals surface area contributed by atoms with Gasteiger partial charge < -0.3 is 5.11 Å². The Morgan fingerprint density at radius 2 is 2.00 bits per heavy atom. The van der Waals surface area contributed by atoms with E-state index >= 15 is 0 Å². The van der Waals surface area contributed by atoms with Gasteiger partial charge in [-0.1, -0.05) is 0 Å². The van der Waals surface area contributed by atoms with E-state index < -0.39 is 21.8 Å². The number of carbonyl (C=O) groups excluding carboxylic acids is 1. The molecule has 7 heteroatoms. The number of hydrogen-bond acceptors (Lipinski definition) is 4. The van der Waals surface area contributed by atoms with Crippen molar-refractivity contribution in [3.63, 3.8) is 0 Å². The Bertz CT molecular complexity index is 665. The minimum atomic E-state index is -3.38. The minimum absolute atomic E-state index is 0.0637. The molecule has 0 aliphatic carbocycles. The molecule has 1 aromatic rings. The van der Waals surface area contributed by atoms with Crippen LogP contribution in [0.3, 0.4) is 0 Å². The molecule has 6 nitrogen and oxygen atoms in total. The molecule has 0 amide bonds. The van der Waals surface area contributed by atoms with Gasteiger partial charge in [0.15, 0.2) is 0 Å². The Morgan fingerprint density at radius 1 is 1.37 bits per heavy atom. The Hall–Kier alpha value is -1.89. The van der Waals surface area contributed by atoms with E-state index in [4.69, 9.17) is 5.11 Å². The highest BCUT2D eigenvalue weighted by Gasteiger charge is 2.33. The fourth-order valence-electron chi connectivity index (χ4n) is 2.37. The molecule has 19 heavy (non-hydrogen) atoms. The molecule has 1 heterocycles. The molecule has 1 atom stereocenters. The van der Waals surface area contributed by atoms with Crippen molar-refractivity contribution < 1.29 is 23.1 Å². The van der Waals surface area contributed by atoms with Crippen molar-refractivity contribution in [1.29, 1.82) is 0 Å². The highest BCUT2D eigenvalue weighted by atomic mass is 32.2. The third kappa shape index (κ3) is 2.33. The molecule has 0 spiro atoms. The quantitative estimate of drug-likeness (QED) is 0.650. The summed E-state index contributed by atoms with van der Waals surface area (Å²) >= 11 is 0. The van der Waals surface area contributed by atoms with Crippen molar-refractivity contribution in [1.82, 2.24) is 0 Å². The summed E-state index contributed by atoms with van der Waals surface area (Å²) in [7, 11) is -3.38. The molecule has 1 aliphatic rings. The topological polar surface area (TPSA) is 91.8 Å². The SMILES string of the molecule is CC1Cc2cc(C(=O)C(=O)O)ccc2N1S(C)(=O)=O. The van der Waals surface area contributed by atoms with E-state index in [1.54, 1.807) is 6.92 Å². The van der Waals surface area contributed by atoms with Crippen LogP contribution in [0, 0.1) is 0 Å². The Kier molecular flexibility index (Phi) is 3.09. The lowest BCUT2D eigenvalue weighted by Crippen LogP contribution is -2.34. The molecule has 0 fully saturated rings. The van der Waals surface area contributed by atoms with Crippen LogP contribution in [0.1, 0.15) is 22.8 Å². The van der Waals surface area contributed by atoms with Crippen LogP contribution in [0.15, 0.2) is 18.2 Å². The number of fused-ring (bicyclic) bond motifs is 1. The summed E-state index contributed by atoms with van der Waals surface area (Å²) in [6.45, 7) is 1.76. The van der Waals surface area contributed by atoms with Crippen LogP contribution in [-0.2, 0) is 21.2 Å². The first kappa shape index (κ1) is 13.5. The number of rotatable bonds is 3. The van der Waals surface area contributed by atoms with Gasteiger partial charge in [-0.25, -0.2) is 13.2 Å². The Balaban J connectivity index is 2.49. The molecular formula is C12H13NO5S. The number of sulfonamides is 1. The number of Topliss-reactive ketones (excluding diaryl/α,β-unsaturated/α-hetero) is 1. The fourth-order valence-corrected chi connectivity index (χ4v) is 3.64. The van der Waals surface area contributed by atoms with Crippen molar-refractivity contribution >= 4 is 27.5 Å². The first-order valence-corrected chi connectivity index (χ1v) is 7.46. The lowest BCUT2D eigenvalue weighted by atomic mass is 10.0. The van der Waals surface area contributed by atoms with Gasteiger partial charge in [0.1, 0.15) is 0 Å². The van der Waals surface area contributed by atoms with Crippen LogP contribution >= 0.6 is 0 Å². The van der Waals surface area contributed by atoms with Crippen molar-refractivity contribution in [2.45, 2.75) is 19.4 Å². The predicted molar refractivity (Wildman–Crippen MR) is 68.9 cm³/mol. The van der Waals surface area contributed by atoms with Gasteiger partial charge in [-0.2, -0.15) is 0 Å². The molecule has 0 saturated carbocycles. The van der Waals surface area contributed by atoms with Crippen LogP contribution in [0.2, 0.25) is 0 Å². The lowest BCUT2D eigenvalue weighted by Gasteiger charge is -2.21. The largest absolute Gasteiger partial charge is 0.475 e. The van der Waals surface area contributed by atoms with E-state index in [2.05, 4.69) is 0 Å². The summed E-state index contributed by atoms with van der Waals surface area (Å²) in [4.78, 5) is 22.0. The summed E-state index contributed by atoms with van der Waals surface area (Å²) in [5.41, 5.74) is 1.25. The van der Waals surface area contributed by atoms with Crippen molar-refractivity contribution in [2.24, 2.45) is 0 Å². The fraction of sp³-hybridized carbons (Fsp3) is 0.333. The average molecular weight is 283 g/mol. The normalized spacial score (nSPS) is 18.2. The smallest absolute Gasteiger partial charge is 0.377 e. The second-order valence-corrected chi connectivity index (χ2v) is 6.45. The van der Waals surface area contributed by atoms with Crippen molar-refractivity contribution in [3.05, 3.63) is 29.3 Å². The number of carboxylic acids is 1. The van der Waals surface area contributed by atoms with Gasteiger partial charge in [-0.3, -0.25) is 9.10 Å². The highest BCUT2D eigenvalue weighted by Crippen LogP contribution is 2.34. The average Bonchev–Trinajstić information content (AvgIpc) is 2.61. The maximum atomic E-state index is 11.7. The summed E-state index contributed by atoms with van der Waals surface area (Å²) in [6, 6.07) is 4.04. The molecular weight excluding hydrogens is 270 g/mol. The zero-order valence-corrected chi connectivity index (χ0v) is 11.3. The Morgan fingerprint density at radius 3 is 2.53 bits per heavy atom. The number of hydrogen-bond donors (Lipinski definition) is 1. The standard InChI is InChI=1S/C12H13NO5S/c1-7-5-9-6-8(11(14)12(15)16)3-4-10(9)13(7)19(2,17)18/h3-4,6-7H,5H2,1-2H3,(H,15,16). The number of benzene rings is 1. The minimum Gasteiger partial charge on any atom is -0.475 e. The third-order valence-electron chi connectivity index (χ3n) is 3.05. The van der Waals surface area contributed by atoms with Gasteiger partial charge in [-0.05, 0) is 37.1 Å². The maximum absolute atomic E-state index is 11.7. The van der Waals surface area contributed by atoms with Crippen LogP contribution in [0.4, 0.5) is 5.69 Å². The van der Waals surface area contributed by atoms with E-state index in [1.807, 2.05) is 0 Å². The van der Waals surface area contributed by atoms with Gasteiger partial charge in [0, 0.05) is 11.6 Å². The van der Waals surface area contributed by atoms with E-state index in [1.165, 1.54) is 22.5 Å². The lowest BCUT2D eigenvalue weighted by molar-refractivity contribution is -0.131. The van der Waals surface area contributed by atoms with Gasteiger partial charge >= 0.3 is 5.97 Å². The van der Waals surface area contributed by atoms with E-state index in [0.717, 1.165) is 6.26 Å². The molecule has 0 aromatic heterocycles. The number of ketones is 1. The summed E-state index contributed by atoms with van der Waals surface area (Å²) in [6.07, 6.45) is 1.58. The molecule has 1 unspecified atom stereocenters. The van der Waals surface area contributed by atoms with E-state index in [0.29, 0.717) is 17.7 Å². The number of aliphatic carboxylic acids is 1. The van der Waals surface area contributed by atoms with Gasteiger partial charge in [0.25, 0.3) is 5.78 Å². The number of carbonyl (C=O) groups is 2. The predicted octanol–water partition coefficient (Wildman–Crippen LogP) is 0.665. The molecule has 1 N–H and O–H groups in total. The highest BCUT2D eigenvalue weighted by molar-refractivity contribution is 7.92. The zero-order valence-electron chi connectivity index (χ0n) is 10.5. The maximum Gasteiger partial charge on any atom is 0.377 e. The summed E-state index contributed by atoms with van der Waals surface area (Å²) in [5.74, 6) is -2.51. The zero-order chi connectivity index (χ0) is 14.4. The van der Waals surface area contributed by atoms with E-state index in [9.17, 15) is 18.0 Å². The molecule has 1 aliphatic heterocycles. The monoisotopic (exact) mass is 283 g/mol. The number of carboxylic acid groups (broad SMARTS) is 1. The molecule has 1 aromatic carbocycles. The summed E-state index contributed by atoms with van der Waals surface area (Å²) in [5, 5.41) is 8.66. The van der Waals surface area contributed by atoms with Crippen molar-refractivity contribution in [3.8, 4) is 0 Å². The van der Waals surface area contributed by atoms with Crippen molar-refractivity contribution in [2.75, 3.05) is 10.6 Å². The molecule has 0 saturated heterocycles. The van der Waals surface area contributed by atoms with Gasteiger partial charge in [0.05, 0.1) is 11.9 Å². The molecule has 2 rings (SSSR count). The van der Waals surface area contributed by atoms with Crippen LogP contribution < -0.4 is 4.31 Å². The third-order valence-corrected chi connectivity index (χ3v) is 4.32. The van der Waals surface area contributed by atoms with Gasteiger partial charge in [0.2, 0.25) is 10.0 Å². The molecule has 102 valence electrons.